The van der Waals surface area contributed by atoms with Crippen molar-refractivity contribution in [3.05, 3.63) is 35.4 Å². The topological polar surface area (TPSA) is 37.4 Å². The van der Waals surface area contributed by atoms with Gasteiger partial charge < -0.3 is 0 Å². The van der Waals surface area contributed by atoms with Gasteiger partial charge in [0.25, 0.3) is 11.8 Å². The van der Waals surface area contributed by atoms with E-state index < -0.39 is 0 Å². The molecule has 2 amide bonds. The van der Waals surface area contributed by atoms with Gasteiger partial charge in [0, 0.05) is 11.9 Å². The Morgan fingerprint density at radius 2 is 1.00 bits per heavy atom. The van der Waals surface area contributed by atoms with E-state index in [4.69, 9.17) is 0 Å². The number of unbranched alkanes of at least 4 members (excludes halogenated alkanes) is 11. The minimum absolute atomic E-state index is 0.123. The van der Waals surface area contributed by atoms with Crippen LogP contribution in [0.25, 0.3) is 0 Å². The van der Waals surface area contributed by atoms with E-state index in [9.17, 15) is 9.59 Å². The number of alkyl halides is 1. The number of carbonyl (C=O) groups excluding carboxylic acids is 2. The standard InChI is InChI=1S/C22H32BrNO2/c23-17-13-9-7-5-3-1-2-4-6-8-10-14-18-24-21(25)19-15-11-12-16-20(19)22(24)26/h11-12,15-16H,1-10,13-14,17-18H2. The summed E-state index contributed by atoms with van der Waals surface area (Å²) in [6.45, 7) is 0.556. The zero-order valence-electron chi connectivity index (χ0n) is 15.9. The Hall–Kier alpha value is -1.16. The quantitative estimate of drug-likeness (QED) is 0.199. The van der Waals surface area contributed by atoms with Gasteiger partial charge in [0.05, 0.1) is 11.1 Å². The number of hydrogen-bond acceptors (Lipinski definition) is 2. The summed E-state index contributed by atoms with van der Waals surface area (Å²) in [4.78, 5) is 25.9. The second kappa shape index (κ2) is 12.3. The Balaban J connectivity index is 1.46. The molecule has 1 aromatic rings. The Morgan fingerprint density at radius 1 is 0.615 bits per heavy atom. The molecule has 0 spiro atoms. The van der Waals surface area contributed by atoms with Gasteiger partial charge in [-0.05, 0) is 25.0 Å². The molecule has 1 aromatic carbocycles. The highest BCUT2D eigenvalue weighted by Gasteiger charge is 2.34. The molecule has 0 aromatic heterocycles. The molecule has 26 heavy (non-hydrogen) atoms. The van der Waals surface area contributed by atoms with E-state index >= 15 is 0 Å². The predicted octanol–water partition coefficient (Wildman–Crippen LogP) is 6.36. The number of amides is 2. The molecule has 4 heteroatoms. The number of fused-ring (bicyclic) bond motifs is 1. The highest BCUT2D eigenvalue weighted by Crippen LogP contribution is 2.23. The van der Waals surface area contributed by atoms with Crippen molar-refractivity contribution in [1.29, 1.82) is 0 Å². The van der Waals surface area contributed by atoms with Gasteiger partial charge in [-0.3, -0.25) is 14.5 Å². The van der Waals surface area contributed by atoms with Crippen LogP contribution in [-0.4, -0.2) is 28.6 Å². The van der Waals surface area contributed by atoms with Crippen molar-refractivity contribution in [3.8, 4) is 0 Å². The Bertz CT molecular complexity index is 538. The van der Waals surface area contributed by atoms with Crippen LogP contribution in [0, 0.1) is 0 Å². The molecule has 0 N–H and O–H groups in total. The van der Waals surface area contributed by atoms with Gasteiger partial charge in [-0.15, -0.1) is 0 Å². The second-order valence-electron chi connectivity index (χ2n) is 7.24. The van der Waals surface area contributed by atoms with Gasteiger partial charge in [-0.25, -0.2) is 0 Å². The molecule has 0 atom stereocenters. The van der Waals surface area contributed by atoms with Gasteiger partial charge in [0.2, 0.25) is 0 Å². The SMILES string of the molecule is O=C1c2ccccc2C(=O)N1CCCCCCCCCCCCCCBr. The van der Waals surface area contributed by atoms with E-state index in [0.29, 0.717) is 17.7 Å². The van der Waals surface area contributed by atoms with Gasteiger partial charge in [-0.2, -0.15) is 0 Å². The lowest BCUT2D eigenvalue weighted by Gasteiger charge is -2.13. The van der Waals surface area contributed by atoms with Crippen molar-refractivity contribution in [2.45, 2.75) is 77.0 Å². The fourth-order valence-electron chi connectivity index (χ4n) is 3.57. The number of benzene rings is 1. The average Bonchev–Trinajstić information content (AvgIpc) is 2.90. The van der Waals surface area contributed by atoms with Crippen molar-refractivity contribution >= 4 is 27.7 Å². The van der Waals surface area contributed by atoms with Crippen LogP contribution < -0.4 is 0 Å². The molecule has 0 radical (unpaired) electrons. The highest BCUT2D eigenvalue weighted by atomic mass is 79.9. The Labute approximate surface area is 166 Å². The van der Waals surface area contributed by atoms with Crippen LogP contribution in [0.3, 0.4) is 0 Å². The molecule has 0 bridgehead atoms. The van der Waals surface area contributed by atoms with Crippen molar-refractivity contribution in [1.82, 2.24) is 4.90 Å². The molecule has 1 aliphatic rings. The first-order valence-electron chi connectivity index (χ1n) is 10.3. The molecule has 0 saturated carbocycles. The van der Waals surface area contributed by atoms with Gasteiger partial charge in [0.15, 0.2) is 0 Å². The van der Waals surface area contributed by atoms with Crippen LogP contribution in [0.2, 0.25) is 0 Å². The summed E-state index contributed by atoms with van der Waals surface area (Å²) < 4.78 is 0. The maximum Gasteiger partial charge on any atom is 0.261 e. The number of hydrogen-bond donors (Lipinski definition) is 0. The second-order valence-corrected chi connectivity index (χ2v) is 8.03. The molecule has 1 heterocycles. The average molecular weight is 422 g/mol. The first kappa shape index (κ1) is 21.1. The predicted molar refractivity (Wildman–Crippen MR) is 111 cm³/mol. The van der Waals surface area contributed by atoms with Crippen molar-refractivity contribution in [2.24, 2.45) is 0 Å². The molecule has 3 nitrogen and oxygen atoms in total. The molecular formula is C22H32BrNO2. The highest BCUT2D eigenvalue weighted by molar-refractivity contribution is 9.09. The molecule has 0 aliphatic carbocycles. The maximum absolute atomic E-state index is 12.3. The first-order valence-corrected chi connectivity index (χ1v) is 11.4. The molecule has 0 fully saturated rings. The fourth-order valence-corrected chi connectivity index (χ4v) is 3.97. The number of nitrogens with zero attached hydrogens (tertiary/aromatic N) is 1. The summed E-state index contributed by atoms with van der Waals surface area (Å²) >= 11 is 3.47. The maximum atomic E-state index is 12.3. The zero-order chi connectivity index (χ0) is 18.6. The molecule has 0 unspecified atom stereocenters. The van der Waals surface area contributed by atoms with E-state index in [1.807, 2.05) is 12.1 Å². The van der Waals surface area contributed by atoms with Gasteiger partial charge in [0.1, 0.15) is 0 Å². The number of carbonyl (C=O) groups is 2. The molecule has 144 valence electrons. The minimum Gasteiger partial charge on any atom is -0.274 e. The fraction of sp³-hybridized carbons (Fsp3) is 0.636. The van der Waals surface area contributed by atoms with Crippen LogP contribution in [0.5, 0.6) is 0 Å². The summed E-state index contributed by atoms with van der Waals surface area (Å²) in [7, 11) is 0. The Kier molecular flexibility index (Phi) is 9.98. The third-order valence-corrected chi connectivity index (χ3v) is 5.70. The summed E-state index contributed by atoms with van der Waals surface area (Å²) in [5.41, 5.74) is 1.12. The lowest BCUT2D eigenvalue weighted by molar-refractivity contribution is 0.0651. The number of imide groups is 1. The van der Waals surface area contributed by atoms with Crippen molar-refractivity contribution < 1.29 is 9.59 Å². The summed E-state index contributed by atoms with van der Waals surface area (Å²) in [5, 5.41) is 1.14. The van der Waals surface area contributed by atoms with E-state index in [1.165, 1.54) is 69.1 Å². The van der Waals surface area contributed by atoms with Crippen LogP contribution in [0.1, 0.15) is 97.8 Å². The molecular weight excluding hydrogens is 390 g/mol. The largest absolute Gasteiger partial charge is 0.274 e. The number of rotatable bonds is 14. The van der Waals surface area contributed by atoms with Crippen LogP contribution in [0.4, 0.5) is 0 Å². The van der Waals surface area contributed by atoms with E-state index in [1.54, 1.807) is 12.1 Å². The molecule has 1 aliphatic heterocycles. The van der Waals surface area contributed by atoms with Crippen LogP contribution in [-0.2, 0) is 0 Å². The lowest BCUT2D eigenvalue weighted by atomic mass is 10.1. The van der Waals surface area contributed by atoms with Gasteiger partial charge >= 0.3 is 0 Å². The van der Waals surface area contributed by atoms with E-state index in [0.717, 1.165) is 18.2 Å². The monoisotopic (exact) mass is 421 g/mol. The first-order chi connectivity index (χ1) is 12.8. The van der Waals surface area contributed by atoms with E-state index in [2.05, 4.69) is 15.9 Å². The summed E-state index contributed by atoms with van der Waals surface area (Å²) in [6.07, 6.45) is 15.3. The van der Waals surface area contributed by atoms with Crippen molar-refractivity contribution in [2.75, 3.05) is 11.9 Å². The third-order valence-electron chi connectivity index (χ3n) is 5.14. The third kappa shape index (κ3) is 6.53. The summed E-state index contributed by atoms with van der Waals surface area (Å²) in [6, 6.07) is 7.13. The summed E-state index contributed by atoms with van der Waals surface area (Å²) in [5.74, 6) is -0.247. The smallest absolute Gasteiger partial charge is 0.261 e. The van der Waals surface area contributed by atoms with E-state index in [-0.39, 0.29) is 11.8 Å². The number of halogens is 1. The van der Waals surface area contributed by atoms with Crippen molar-refractivity contribution in [3.63, 3.8) is 0 Å². The van der Waals surface area contributed by atoms with Gasteiger partial charge in [-0.1, -0.05) is 92.3 Å². The molecule has 0 saturated heterocycles. The Morgan fingerprint density at radius 3 is 1.42 bits per heavy atom. The normalized spacial score (nSPS) is 13.5. The molecule has 2 rings (SSSR count). The van der Waals surface area contributed by atoms with Crippen LogP contribution in [0.15, 0.2) is 24.3 Å². The minimum atomic E-state index is -0.123. The van der Waals surface area contributed by atoms with Crippen LogP contribution >= 0.6 is 15.9 Å². The zero-order valence-corrected chi connectivity index (χ0v) is 17.4. The lowest BCUT2D eigenvalue weighted by Crippen LogP contribution is -2.30.